The lowest BCUT2D eigenvalue weighted by Gasteiger charge is -2.25. The molecule has 0 bridgehead atoms. The molecule has 0 fully saturated rings. The van der Waals surface area contributed by atoms with E-state index in [1.54, 1.807) is 13.8 Å². The summed E-state index contributed by atoms with van der Waals surface area (Å²) >= 11 is 0. The van der Waals surface area contributed by atoms with Crippen LogP contribution in [0.25, 0.3) is 0 Å². The number of carbonyl (C=O) groups excluding carboxylic acids is 2. The van der Waals surface area contributed by atoms with Gasteiger partial charge in [0.15, 0.2) is 5.82 Å². The Bertz CT molecular complexity index is 518. The van der Waals surface area contributed by atoms with Crippen molar-refractivity contribution in [3.05, 3.63) is 29.3 Å². The van der Waals surface area contributed by atoms with Crippen LogP contribution < -0.4 is 11.5 Å². The molecule has 0 saturated heterocycles. The number of nitrogens with two attached hydrogens (primary N) is 2. The zero-order valence-electron chi connectivity index (χ0n) is 10.6. The number of nitrogens with zero attached hydrogens (tertiary/aromatic N) is 1. The number of anilines is 1. The summed E-state index contributed by atoms with van der Waals surface area (Å²) < 4.78 is 27.3. The van der Waals surface area contributed by atoms with Crippen molar-refractivity contribution in [2.24, 2.45) is 5.73 Å². The van der Waals surface area contributed by atoms with E-state index in [0.29, 0.717) is 0 Å². The predicted octanol–water partition coefficient (Wildman–Crippen LogP) is 0.883. The molecule has 0 aliphatic rings. The first-order chi connectivity index (χ1) is 8.75. The molecule has 7 heteroatoms. The van der Waals surface area contributed by atoms with Crippen LogP contribution in [0.15, 0.2) is 12.1 Å². The molecule has 0 saturated carbocycles. The number of rotatable bonds is 4. The van der Waals surface area contributed by atoms with Crippen LogP contribution in [0, 0.1) is 11.6 Å². The molecule has 0 atom stereocenters. The quantitative estimate of drug-likeness (QED) is 0.797. The molecule has 0 radical (unpaired) electrons. The fourth-order valence-corrected chi connectivity index (χ4v) is 1.57. The van der Waals surface area contributed by atoms with Gasteiger partial charge in [-0.05, 0) is 26.0 Å². The van der Waals surface area contributed by atoms with Crippen molar-refractivity contribution in [3.8, 4) is 0 Å². The van der Waals surface area contributed by atoms with E-state index in [0.717, 1.165) is 17.0 Å². The molecule has 0 aliphatic heterocycles. The molecule has 2 amide bonds. The smallest absolute Gasteiger partial charge is 0.260 e. The van der Waals surface area contributed by atoms with Crippen LogP contribution in [0.2, 0.25) is 0 Å². The number of hydrogen-bond acceptors (Lipinski definition) is 3. The van der Waals surface area contributed by atoms with Gasteiger partial charge >= 0.3 is 0 Å². The van der Waals surface area contributed by atoms with Crippen molar-refractivity contribution in [3.63, 3.8) is 0 Å². The third-order valence-corrected chi connectivity index (χ3v) is 2.55. The summed E-state index contributed by atoms with van der Waals surface area (Å²) in [4.78, 5) is 24.0. The first-order valence-electron chi connectivity index (χ1n) is 5.58. The lowest BCUT2D eigenvalue weighted by Crippen LogP contribution is -2.43. The number of benzene rings is 1. The molecule has 0 unspecified atom stereocenters. The molecule has 1 aromatic carbocycles. The fourth-order valence-electron chi connectivity index (χ4n) is 1.57. The van der Waals surface area contributed by atoms with Crippen LogP contribution >= 0.6 is 0 Å². The van der Waals surface area contributed by atoms with Crippen LogP contribution in [0.4, 0.5) is 14.5 Å². The summed E-state index contributed by atoms with van der Waals surface area (Å²) in [5, 5.41) is 0. The van der Waals surface area contributed by atoms with Crippen molar-refractivity contribution < 1.29 is 18.4 Å². The standard InChI is InChI=1S/C12H15F2N3O2/c1-6(2)17(5-9(16)18)12(19)10-7(13)3-4-8(15)11(10)14/h3-4,6H,5,15H2,1-2H3,(H2,16,18). The van der Waals surface area contributed by atoms with Crippen molar-refractivity contribution in [2.75, 3.05) is 12.3 Å². The van der Waals surface area contributed by atoms with Crippen molar-refractivity contribution >= 4 is 17.5 Å². The number of nitrogen functional groups attached to an aromatic ring is 1. The van der Waals surface area contributed by atoms with Crippen molar-refractivity contribution in [2.45, 2.75) is 19.9 Å². The first kappa shape index (κ1) is 14.9. The minimum absolute atomic E-state index is 0.340. The molecule has 104 valence electrons. The molecular weight excluding hydrogens is 256 g/mol. The molecule has 5 nitrogen and oxygen atoms in total. The number of primary amides is 1. The molecule has 1 aromatic rings. The highest BCUT2D eigenvalue weighted by atomic mass is 19.1. The van der Waals surface area contributed by atoms with Crippen LogP contribution in [0.3, 0.4) is 0 Å². The Balaban J connectivity index is 3.24. The van der Waals surface area contributed by atoms with E-state index in [1.807, 2.05) is 0 Å². The van der Waals surface area contributed by atoms with E-state index in [4.69, 9.17) is 11.5 Å². The lowest BCUT2D eigenvalue weighted by molar-refractivity contribution is -0.119. The minimum atomic E-state index is -1.14. The maximum Gasteiger partial charge on any atom is 0.260 e. The van der Waals surface area contributed by atoms with Gasteiger partial charge in [-0.25, -0.2) is 8.78 Å². The number of halogens is 2. The van der Waals surface area contributed by atoms with E-state index < -0.39 is 41.6 Å². The molecule has 19 heavy (non-hydrogen) atoms. The predicted molar refractivity (Wildman–Crippen MR) is 66.1 cm³/mol. The van der Waals surface area contributed by atoms with Crippen LogP contribution in [0.1, 0.15) is 24.2 Å². The number of hydrogen-bond donors (Lipinski definition) is 2. The van der Waals surface area contributed by atoms with Crippen LogP contribution in [-0.4, -0.2) is 29.3 Å². The summed E-state index contributed by atoms with van der Waals surface area (Å²) in [5.74, 6) is -3.91. The van der Waals surface area contributed by atoms with Gasteiger partial charge in [0.05, 0.1) is 12.2 Å². The third-order valence-electron chi connectivity index (χ3n) is 2.55. The maximum atomic E-state index is 13.7. The maximum absolute atomic E-state index is 13.7. The topological polar surface area (TPSA) is 89.4 Å². The van der Waals surface area contributed by atoms with Crippen molar-refractivity contribution in [1.82, 2.24) is 4.90 Å². The Kier molecular flexibility index (Phi) is 4.42. The van der Waals surface area contributed by atoms with Gasteiger partial charge in [-0.3, -0.25) is 9.59 Å². The van der Waals surface area contributed by atoms with Gasteiger partial charge in [-0.2, -0.15) is 0 Å². The highest BCUT2D eigenvalue weighted by Crippen LogP contribution is 2.21. The molecule has 1 rings (SSSR count). The Morgan fingerprint density at radius 3 is 2.37 bits per heavy atom. The number of amides is 2. The van der Waals surface area contributed by atoms with E-state index in [1.165, 1.54) is 0 Å². The van der Waals surface area contributed by atoms with E-state index >= 15 is 0 Å². The van der Waals surface area contributed by atoms with E-state index in [9.17, 15) is 18.4 Å². The Hall–Kier alpha value is -2.18. The Morgan fingerprint density at radius 2 is 1.89 bits per heavy atom. The normalized spacial score (nSPS) is 10.6. The summed E-state index contributed by atoms with van der Waals surface area (Å²) in [7, 11) is 0. The second-order valence-electron chi connectivity index (χ2n) is 4.32. The Labute approximate surface area is 109 Å². The Morgan fingerprint density at radius 1 is 1.32 bits per heavy atom. The monoisotopic (exact) mass is 271 g/mol. The molecule has 0 aliphatic carbocycles. The summed E-state index contributed by atoms with van der Waals surface area (Å²) in [6.07, 6.45) is 0. The van der Waals surface area contributed by atoms with E-state index in [-0.39, 0.29) is 5.69 Å². The molecule has 0 heterocycles. The zero-order valence-corrected chi connectivity index (χ0v) is 10.6. The first-order valence-corrected chi connectivity index (χ1v) is 5.58. The largest absolute Gasteiger partial charge is 0.396 e. The van der Waals surface area contributed by atoms with Crippen LogP contribution in [-0.2, 0) is 4.79 Å². The summed E-state index contributed by atoms with van der Waals surface area (Å²) in [6, 6.07) is 1.48. The van der Waals surface area contributed by atoms with Crippen LogP contribution in [0.5, 0.6) is 0 Å². The minimum Gasteiger partial charge on any atom is -0.396 e. The highest BCUT2D eigenvalue weighted by molar-refractivity contribution is 5.97. The zero-order chi connectivity index (χ0) is 14.7. The highest BCUT2D eigenvalue weighted by Gasteiger charge is 2.27. The lowest BCUT2D eigenvalue weighted by atomic mass is 10.1. The van der Waals surface area contributed by atoms with Gasteiger partial charge in [-0.15, -0.1) is 0 Å². The number of carbonyl (C=O) groups is 2. The molecule has 0 aromatic heterocycles. The van der Waals surface area contributed by atoms with Gasteiger partial charge in [0.1, 0.15) is 11.4 Å². The summed E-state index contributed by atoms with van der Waals surface area (Å²) in [6.45, 7) is 2.77. The SMILES string of the molecule is CC(C)N(CC(N)=O)C(=O)c1c(F)ccc(N)c1F. The van der Waals surface area contributed by atoms with Gasteiger partial charge in [-0.1, -0.05) is 0 Å². The average Bonchev–Trinajstić information content (AvgIpc) is 2.30. The third kappa shape index (κ3) is 3.18. The molecule has 4 N–H and O–H groups in total. The second-order valence-corrected chi connectivity index (χ2v) is 4.32. The summed E-state index contributed by atoms with van der Waals surface area (Å²) in [5.41, 5.74) is 9.19. The average molecular weight is 271 g/mol. The molecule has 0 spiro atoms. The van der Waals surface area contributed by atoms with Gasteiger partial charge in [0.2, 0.25) is 5.91 Å². The molecular formula is C12H15F2N3O2. The fraction of sp³-hybridized carbons (Fsp3) is 0.333. The van der Waals surface area contributed by atoms with Crippen molar-refractivity contribution in [1.29, 1.82) is 0 Å². The second kappa shape index (κ2) is 5.64. The van der Waals surface area contributed by atoms with Gasteiger partial charge < -0.3 is 16.4 Å². The van der Waals surface area contributed by atoms with Gasteiger partial charge in [0, 0.05) is 6.04 Å². The van der Waals surface area contributed by atoms with Gasteiger partial charge in [0.25, 0.3) is 5.91 Å². The van der Waals surface area contributed by atoms with E-state index in [2.05, 4.69) is 0 Å².